The van der Waals surface area contributed by atoms with Crippen molar-refractivity contribution in [1.29, 1.82) is 0 Å². The van der Waals surface area contributed by atoms with Crippen LogP contribution in [0.25, 0.3) is 0 Å². The van der Waals surface area contributed by atoms with E-state index in [1.165, 1.54) is 4.90 Å². The normalized spacial score (nSPS) is 13.0. The molecule has 4 rings (SSSR count). The number of para-hydroxylation sites is 1. The number of benzene rings is 2. The van der Waals surface area contributed by atoms with Gasteiger partial charge in [-0.15, -0.1) is 0 Å². The van der Waals surface area contributed by atoms with Crippen LogP contribution in [0.1, 0.15) is 10.4 Å². The van der Waals surface area contributed by atoms with E-state index in [1.807, 2.05) is 18.2 Å². The predicted molar refractivity (Wildman–Crippen MR) is 113 cm³/mol. The monoisotopic (exact) mass is 410 g/mol. The van der Waals surface area contributed by atoms with Crippen molar-refractivity contribution in [2.75, 3.05) is 33.6 Å². The van der Waals surface area contributed by atoms with E-state index < -0.39 is 10.0 Å². The molecule has 3 aromatic rings. The maximum Gasteiger partial charge on any atom is 0.260 e. The van der Waals surface area contributed by atoms with Crippen LogP contribution in [0.4, 0.5) is 34.5 Å². The summed E-state index contributed by atoms with van der Waals surface area (Å²) in [6.07, 6.45) is 2.66. The van der Waals surface area contributed by atoms with Gasteiger partial charge in [0.15, 0.2) is 5.82 Å². The first-order valence-corrected chi connectivity index (χ1v) is 10.6. The van der Waals surface area contributed by atoms with E-state index in [2.05, 4.69) is 25.3 Å². The molecule has 2 aromatic carbocycles. The number of hydrogen-bond acceptors (Lipinski definition) is 7. The van der Waals surface area contributed by atoms with Gasteiger partial charge in [0, 0.05) is 18.4 Å². The lowest BCUT2D eigenvalue weighted by atomic mass is 10.1. The van der Waals surface area contributed by atoms with E-state index in [9.17, 15) is 13.2 Å². The predicted octanol–water partition coefficient (Wildman–Crippen LogP) is 2.93. The van der Waals surface area contributed by atoms with Crippen LogP contribution in [0.3, 0.4) is 0 Å². The molecule has 0 radical (unpaired) electrons. The van der Waals surface area contributed by atoms with Crippen molar-refractivity contribution >= 4 is 50.4 Å². The lowest BCUT2D eigenvalue weighted by Crippen LogP contribution is -2.25. The quantitative estimate of drug-likeness (QED) is 0.605. The number of fused-ring (bicyclic) bond motifs is 2. The minimum absolute atomic E-state index is 0.148. The summed E-state index contributed by atoms with van der Waals surface area (Å²) in [5.41, 5.74) is 2.92. The van der Waals surface area contributed by atoms with Gasteiger partial charge in [-0.05, 0) is 36.4 Å². The molecular weight excluding hydrogens is 392 g/mol. The molecule has 1 aliphatic heterocycles. The Kier molecular flexibility index (Phi) is 4.55. The number of nitrogens with zero attached hydrogens (tertiary/aromatic N) is 3. The Morgan fingerprint density at radius 1 is 1.03 bits per heavy atom. The molecular formula is C19H18N6O3S. The molecule has 10 heteroatoms. The molecule has 0 spiro atoms. The Hall–Kier alpha value is -3.66. The number of carbonyl (C=O) groups excluding carboxylic acids is 1. The lowest BCUT2D eigenvalue weighted by Gasteiger charge is -2.16. The second kappa shape index (κ2) is 7.06. The number of nitrogens with one attached hydrogen (secondary N) is 3. The van der Waals surface area contributed by atoms with Crippen LogP contribution in [-0.4, -0.2) is 37.6 Å². The van der Waals surface area contributed by atoms with Gasteiger partial charge in [0.2, 0.25) is 16.0 Å². The van der Waals surface area contributed by atoms with Gasteiger partial charge in [0.25, 0.3) is 5.91 Å². The van der Waals surface area contributed by atoms with Crippen molar-refractivity contribution in [3.05, 3.63) is 60.3 Å². The van der Waals surface area contributed by atoms with Gasteiger partial charge >= 0.3 is 0 Å². The summed E-state index contributed by atoms with van der Waals surface area (Å²) < 4.78 is 25.0. The first-order chi connectivity index (χ1) is 13.8. The van der Waals surface area contributed by atoms with Gasteiger partial charge < -0.3 is 15.5 Å². The van der Waals surface area contributed by atoms with Crippen molar-refractivity contribution in [3.63, 3.8) is 0 Å². The van der Waals surface area contributed by atoms with Crippen LogP contribution in [-0.2, 0) is 10.0 Å². The Labute approximate surface area is 167 Å². The molecule has 1 aliphatic rings. The number of amides is 1. The molecule has 3 N–H and O–H groups in total. The fraction of sp³-hybridized carbons (Fsp3) is 0.105. The summed E-state index contributed by atoms with van der Waals surface area (Å²) in [7, 11) is -1.66. The topological polar surface area (TPSA) is 116 Å². The molecule has 0 saturated carbocycles. The Morgan fingerprint density at radius 3 is 2.45 bits per heavy atom. The van der Waals surface area contributed by atoms with Crippen molar-refractivity contribution in [2.24, 2.45) is 0 Å². The summed E-state index contributed by atoms with van der Waals surface area (Å²) in [6, 6.07) is 13.9. The number of hydrogen-bond donors (Lipinski definition) is 3. The zero-order valence-electron chi connectivity index (χ0n) is 15.7. The van der Waals surface area contributed by atoms with Gasteiger partial charge in [-0.25, -0.2) is 13.4 Å². The van der Waals surface area contributed by atoms with E-state index in [4.69, 9.17) is 0 Å². The summed E-state index contributed by atoms with van der Waals surface area (Å²) in [6.45, 7) is 0. The first-order valence-electron chi connectivity index (χ1n) is 8.66. The summed E-state index contributed by atoms with van der Waals surface area (Å²) in [5.74, 6) is 0.684. The van der Waals surface area contributed by atoms with Crippen LogP contribution in [0, 0.1) is 0 Å². The number of rotatable bonds is 4. The van der Waals surface area contributed by atoms with Crippen LogP contribution in [0.15, 0.2) is 54.7 Å². The summed E-state index contributed by atoms with van der Waals surface area (Å²) in [4.78, 5) is 23.0. The van der Waals surface area contributed by atoms with Crippen molar-refractivity contribution < 1.29 is 13.2 Å². The molecule has 1 aromatic heterocycles. The van der Waals surface area contributed by atoms with Gasteiger partial charge in [0.1, 0.15) is 5.69 Å². The van der Waals surface area contributed by atoms with Gasteiger partial charge in [0.05, 0.1) is 23.7 Å². The van der Waals surface area contributed by atoms with Gasteiger partial charge in [-0.2, -0.15) is 4.98 Å². The molecule has 1 amide bonds. The smallest absolute Gasteiger partial charge is 0.260 e. The molecule has 148 valence electrons. The van der Waals surface area contributed by atoms with E-state index in [0.717, 1.165) is 6.26 Å². The van der Waals surface area contributed by atoms with Crippen molar-refractivity contribution in [2.45, 2.75) is 0 Å². The highest BCUT2D eigenvalue weighted by atomic mass is 32.2. The maximum absolute atomic E-state index is 12.7. The Bertz CT molecular complexity index is 1190. The molecule has 0 fully saturated rings. The molecule has 0 bridgehead atoms. The highest BCUT2D eigenvalue weighted by Crippen LogP contribution is 2.33. The third kappa shape index (κ3) is 3.97. The van der Waals surface area contributed by atoms with Gasteiger partial charge in [-0.3, -0.25) is 9.52 Å². The number of sulfonamides is 1. The number of anilines is 6. The summed E-state index contributed by atoms with van der Waals surface area (Å²) in [5, 5.41) is 6.27. The average molecular weight is 410 g/mol. The fourth-order valence-electron chi connectivity index (χ4n) is 2.93. The van der Waals surface area contributed by atoms with Crippen LogP contribution >= 0.6 is 0 Å². The van der Waals surface area contributed by atoms with E-state index in [-0.39, 0.29) is 5.91 Å². The Balaban J connectivity index is 1.61. The molecule has 0 saturated heterocycles. The number of carbonyl (C=O) groups is 1. The maximum atomic E-state index is 12.7. The fourth-order valence-corrected chi connectivity index (χ4v) is 3.50. The van der Waals surface area contributed by atoms with Crippen molar-refractivity contribution in [1.82, 2.24) is 9.97 Å². The number of aromatic nitrogens is 2. The minimum Gasteiger partial charge on any atom is -0.338 e. The third-order valence-electron chi connectivity index (χ3n) is 4.29. The van der Waals surface area contributed by atoms with E-state index >= 15 is 0 Å². The van der Waals surface area contributed by atoms with E-state index in [0.29, 0.717) is 40.1 Å². The second-order valence-corrected chi connectivity index (χ2v) is 8.29. The lowest BCUT2D eigenvalue weighted by molar-refractivity contribution is 0.0994. The first kappa shape index (κ1) is 18.7. The highest BCUT2D eigenvalue weighted by Gasteiger charge is 2.25. The second-order valence-electron chi connectivity index (χ2n) is 6.54. The van der Waals surface area contributed by atoms with E-state index in [1.54, 1.807) is 43.6 Å². The van der Waals surface area contributed by atoms with Crippen LogP contribution in [0.2, 0.25) is 0 Å². The highest BCUT2D eigenvalue weighted by molar-refractivity contribution is 7.92. The SMILES string of the molecule is CN1C(=O)c2ccccc2Nc2nc(Nc3ccc(NS(C)(=O)=O)cc3)ncc21. The van der Waals surface area contributed by atoms with Gasteiger partial charge in [-0.1, -0.05) is 12.1 Å². The molecule has 0 aliphatic carbocycles. The average Bonchev–Trinajstić information content (AvgIpc) is 2.77. The molecule has 0 unspecified atom stereocenters. The zero-order chi connectivity index (χ0) is 20.6. The minimum atomic E-state index is -3.33. The standard InChI is InChI=1S/C19H18N6O3S/c1-25-16-11-20-19(21-12-7-9-13(10-8-12)24-29(2,27)28)23-17(16)22-15-6-4-3-5-14(15)18(25)26/h3-11,24H,1-2H3,(H2,20,21,22,23). The van der Waals surface area contributed by atoms with Crippen molar-refractivity contribution in [3.8, 4) is 0 Å². The largest absolute Gasteiger partial charge is 0.338 e. The molecule has 0 atom stereocenters. The third-order valence-corrected chi connectivity index (χ3v) is 4.90. The van der Waals surface area contributed by atoms with Crippen LogP contribution < -0.4 is 20.3 Å². The molecule has 9 nitrogen and oxygen atoms in total. The summed E-state index contributed by atoms with van der Waals surface area (Å²) >= 11 is 0. The Morgan fingerprint density at radius 2 is 1.72 bits per heavy atom. The van der Waals surface area contributed by atoms with Crippen LogP contribution in [0.5, 0.6) is 0 Å². The molecule has 2 heterocycles. The zero-order valence-corrected chi connectivity index (χ0v) is 16.5. The molecule has 29 heavy (non-hydrogen) atoms.